The molecule has 0 aliphatic carbocycles. The van der Waals surface area contributed by atoms with E-state index in [2.05, 4.69) is 33.5 Å². The molecule has 2 N–H and O–H groups in total. The Labute approximate surface area is 113 Å². The molecular weight excluding hydrogens is 246 g/mol. The third-order valence-corrected chi connectivity index (χ3v) is 3.68. The monoisotopic (exact) mass is 267 g/mol. The maximum absolute atomic E-state index is 9.18. The Hall–Kier alpha value is -1.06. The molecule has 0 radical (unpaired) electrons. The van der Waals surface area contributed by atoms with Crippen molar-refractivity contribution in [2.24, 2.45) is 0 Å². The largest absolute Gasteiger partial charge is 0.300 e. The summed E-state index contributed by atoms with van der Waals surface area (Å²) >= 11 is 1.67. The van der Waals surface area contributed by atoms with Crippen molar-refractivity contribution in [2.45, 2.75) is 50.2 Å². The minimum absolute atomic E-state index is 0.382. The number of thioether (sulfide) groups is 1. The van der Waals surface area contributed by atoms with Gasteiger partial charge >= 0.3 is 0 Å². The lowest BCUT2D eigenvalue weighted by Gasteiger charge is -2.22. The molecule has 0 saturated carbocycles. The van der Waals surface area contributed by atoms with E-state index in [4.69, 9.17) is 0 Å². The maximum Gasteiger partial charge on any atom is 0.183 e. The standard InChI is InChI=1S/C12H21N5S/c1-3-7-15-12(2,9-13)6-4-5-8-18-11-14-10-16-17-11/h10,15H,3-8H2,1-2H3,(H,14,16,17). The summed E-state index contributed by atoms with van der Waals surface area (Å²) in [5.74, 6) is 1.00. The van der Waals surface area contributed by atoms with Gasteiger partial charge in [0.15, 0.2) is 5.16 Å². The molecule has 0 fully saturated rings. The highest BCUT2D eigenvalue weighted by molar-refractivity contribution is 7.99. The molecule has 1 heterocycles. The minimum Gasteiger partial charge on any atom is -0.300 e. The highest BCUT2D eigenvalue weighted by Crippen LogP contribution is 2.17. The van der Waals surface area contributed by atoms with Gasteiger partial charge in [-0.3, -0.25) is 10.4 Å². The molecule has 0 aliphatic rings. The molecule has 0 bridgehead atoms. The number of nitrogens with zero attached hydrogens (tertiary/aromatic N) is 3. The lowest BCUT2D eigenvalue weighted by molar-refractivity contribution is 0.406. The van der Waals surface area contributed by atoms with Gasteiger partial charge in [0.2, 0.25) is 0 Å². The fourth-order valence-corrected chi connectivity index (χ4v) is 2.38. The lowest BCUT2D eigenvalue weighted by atomic mass is 9.96. The summed E-state index contributed by atoms with van der Waals surface area (Å²) in [6, 6.07) is 2.37. The van der Waals surface area contributed by atoms with Gasteiger partial charge in [0.05, 0.1) is 6.07 Å². The average Bonchev–Trinajstić information content (AvgIpc) is 2.89. The zero-order valence-electron chi connectivity index (χ0n) is 11.1. The van der Waals surface area contributed by atoms with Crippen LogP contribution in [0.25, 0.3) is 0 Å². The van der Waals surface area contributed by atoms with Crippen LogP contribution in [0, 0.1) is 11.3 Å². The number of rotatable bonds is 9. The van der Waals surface area contributed by atoms with Crippen LogP contribution in [0.15, 0.2) is 11.5 Å². The van der Waals surface area contributed by atoms with Gasteiger partial charge in [0, 0.05) is 5.75 Å². The number of hydrogen-bond donors (Lipinski definition) is 2. The Kier molecular flexibility index (Phi) is 6.76. The van der Waals surface area contributed by atoms with Crippen molar-refractivity contribution in [1.29, 1.82) is 5.26 Å². The van der Waals surface area contributed by atoms with Crippen molar-refractivity contribution in [2.75, 3.05) is 12.3 Å². The normalized spacial score (nSPS) is 14.1. The van der Waals surface area contributed by atoms with Gasteiger partial charge in [0.1, 0.15) is 11.9 Å². The van der Waals surface area contributed by atoms with Gasteiger partial charge in [-0.25, -0.2) is 4.98 Å². The van der Waals surface area contributed by atoms with Crippen molar-refractivity contribution in [3.63, 3.8) is 0 Å². The predicted molar refractivity (Wildman–Crippen MR) is 73.3 cm³/mol. The Balaban J connectivity index is 2.13. The van der Waals surface area contributed by atoms with Crippen LogP contribution in [0.1, 0.15) is 39.5 Å². The summed E-state index contributed by atoms with van der Waals surface area (Å²) in [6.45, 7) is 4.99. The second-order valence-corrected chi connectivity index (χ2v) is 5.55. The van der Waals surface area contributed by atoms with E-state index < -0.39 is 0 Å². The molecule has 0 spiro atoms. The summed E-state index contributed by atoms with van der Waals surface area (Å²) in [5.41, 5.74) is -0.382. The molecule has 6 heteroatoms. The quantitative estimate of drug-likeness (QED) is 0.530. The van der Waals surface area contributed by atoms with Crippen LogP contribution in [-0.4, -0.2) is 33.0 Å². The fourth-order valence-electron chi connectivity index (χ4n) is 1.60. The number of hydrogen-bond acceptors (Lipinski definition) is 5. The minimum atomic E-state index is -0.382. The molecule has 1 rings (SSSR count). The van der Waals surface area contributed by atoms with Crippen LogP contribution in [0.5, 0.6) is 0 Å². The van der Waals surface area contributed by atoms with Crippen LogP contribution in [-0.2, 0) is 0 Å². The van der Waals surface area contributed by atoms with Crippen molar-refractivity contribution >= 4 is 11.8 Å². The van der Waals surface area contributed by atoms with E-state index in [1.807, 2.05) is 6.92 Å². The number of aromatic nitrogens is 3. The first kappa shape index (κ1) is 15.0. The van der Waals surface area contributed by atoms with Gasteiger partial charge in [-0.15, -0.1) is 0 Å². The van der Waals surface area contributed by atoms with E-state index in [1.165, 1.54) is 6.33 Å². The molecule has 0 amide bonds. The van der Waals surface area contributed by atoms with Gasteiger partial charge in [-0.2, -0.15) is 10.4 Å². The van der Waals surface area contributed by atoms with Crippen LogP contribution >= 0.6 is 11.8 Å². The second-order valence-electron chi connectivity index (χ2n) is 4.47. The number of nitrogens with one attached hydrogen (secondary N) is 2. The molecule has 100 valence electrons. The van der Waals surface area contributed by atoms with E-state index in [-0.39, 0.29) is 5.54 Å². The van der Waals surface area contributed by atoms with E-state index in [0.29, 0.717) is 0 Å². The first-order chi connectivity index (χ1) is 8.70. The molecule has 1 unspecified atom stereocenters. The molecule has 5 nitrogen and oxygen atoms in total. The predicted octanol–water partition coefficient (Wildman–Crippen LogP) is 2.35. The van der Waals surface area contributed by atoms with E-state index in [1.54, 1.807) is 11.8 Å². The highest BCUT2D eigenvalue weighted by Gasteiger charge is 2.21. The second kappa shape index (κ2) is 8.11. The number of nitriles is 1. The number of aromatic amines is 1. The van der Waals surface area contributed by atoms with Crippen molar-refractivity contribution in [1.82, 2.24) is 20.5 Å². The Morgan fingerprint density at radius 3 is 3.00 bits per heavy atom. The smallest absolute Gasteiger partial charge is 0.183 e. The van der Waals surface area contributed by atoms with Crippen LogP contribution in [0.4, 0.5) is 0 Å². The summed E-state index contributed by atoms with van der Waals surface area (Å²) in [6.07, 6.45) is 5.58. The van der Waals surface area contributed by atoms with Crippen LogP contribution in [0.3, 0.4) is 0 Å². The Morgan fingerprint density at radius 1 is 1.56 bits per heavy atom. The molecule has 18 heavy (non-hydrogen) atoms. The van der Waals surface area contributed by atoms with Gasteiger partial charge in [0.25, 0.3) is 0 Å². The third kappa shape index (κ3) is 5.52. The maximum atomic E-state index is 9.18. The van der Waals surface area contributed by atoms with Gasteiger partial charge in [-0.1, -0.05) is 18.7 Å². The Bertz CT molecular complexity index is 359. The van der Waals surface area contributed by atoms with Crippen LogP contribution < -0.4 is 5.32 Å². The molecule has 1 aromatic rings. The number of unbranched alkanes of at least 4 members (excludes halogenated alkanes) is 1. The van der Waals surface area contributed by atoms with E-state index in [9.17, 15) is 5.26 Å². The Morgan fingerprint density at radius 2 is 2.39 bits per heavy atom. The molecule has 0 saturated heterocycles. The lowest BCUT2D eigenvalue weighted by Crippen LogP contribution is -2.41. The fraction of sp³-hybridized carbons (Fsp3) is 0.750. The van der Waals surface area contributed by atoms with Gasteiger partial charge in [-0.05, 0) is 39.2 Å². The first-order valence-corrected chi connectivity index (χ1v) is 7.33. The zero-order chi connectivity index (χ0) is 13.3. The highest BCUT2D eigenvalue weighted by atomic mass is 32.2. The van der Waals surface area contributed by atoms with Crippen molar-refractivity contribution in [3.8, 4) is 6.07 Å². The molecule has 0 aliphatic heterocycles. The summed E-state index contributed by atoms with van der Waals surface area (Å²) in [4.78, 5) is 4.05. The average molecular weight is 267 g/mol. The molecule has 1 atom stereocenters. The summed E-state index contributed by atoms with van der Waals surface area (Å²) < 4.78 is 0. The molecule has 1 aromatic heterocycles. The first-order valence-electron chi connectivity index (χ1n) is 6.34. The van der Waals surface area contributed by atoms with E-state index >= 15 is 0 Å². The summed E-state index contributed by atoms with van der Waals surface area (Å²) in [5, 5.41) is 20.0. The number of H-pyrrole nitrogens is 1. The van der Waals surface area contributed by atoms with Gasteiger partial charge < -0.3 is 0 Å². The van der Waals surface area contributed by atoms with Crippen LogP contribution in [0.2, 0.25) is 0 Å². The third-order valence-electron chi connectivity index (χ3n) is 2.71. The topological polar surface area (TPSA) is 77.4 Å². The van der Waals surface area contributed by atoms with Crippen molar-refractivity contribution in [3.05, 3.63) is 6.33 Å². The van der Waals surface area contributed by atoms with E-state index in [0.717, 1.165) is 43.1 Å². The van der Waals surface area contributed by atoms with Crippen molar-refractivity contribution < 1.29 is 0 Å². The SMILES string of the molecule is CCCNC(C)(C#N)CCCCSc1ncn[nH]1. The molecular formula is C12H21N5S. The summed E-state index contributed by atoms with van der Waals surface area (Å²) in [7, 11) is 0. The zero-order valence-corrected chi connectivity index (χ0v) is 11.9. The molecule has 0 aromatic carbocycles.